The first-order chi connectivity index (χ1) is 8.54. The molecule has 0 aliphatic rings. The molecule has 1 aromatic rings. The maximum atomic E-state index is 9.05. The number of rotatable bonds is 5. The third-order valence-corrected chi connectivity index (χ3v) is 1.93. The van der Waals surface area contributed by atoms with Gasteiger partial charge in [0.1, 0.15) is 24.4 Å². The molecule has 1 aromatic heterocycles. The second kappa shape index (κ2) is 9.57. The van der Waals surface area contributed by atoms with Crippen molar-refractivity contribution in [3.05, 3.63) is 24.7 Å². The molecule has 4 atom stereocenters. The first-order valence-electron chi connectivity index (χ1n) is 5.02. The highest BCUT2D eigenvalue weighted by Crippen LogP contribution is 2.03. The molecule has 8 nitrogen and oxygen atoms in total. The van der Waals surface area contributed by atoms with E-state index in [1.54, 1.807) is 12.5 Å². The van der Waals surface area contributed by atoms with Gasteiger partial charge in [0.15, 0.2) is 0 Å². The predicted octanol–water partition coefficient (Wildman–Crippen LogP) is -1.84. The van der Waals surface area contributed by atoms with E-state index in [9.17, 15) is 0 Å². The Morgan fingerprint density at radius 2 is 1.61 bits per heavy atom. The van der Waals surface area contributed by atoms with Crippen molar-refractivity contribution in [3.63, 3.8) is 0 Å². The number of aliphatic hydroxyl groups is 5. The van der Waals surface area contributed by atoms with E-state index in [2.05, 4.69) is 9.57 Å². The van der Waals surface area contributed by atoms with Crippen molar-refractivity contribution >= 4 is 6.21 Å². The van der Waals surface area contributed by atoms with Gasteiger partial charge in [-0.05, 0) is 12.1 Å². The van der Waals surface area contributed by atoms with Gasteiger partial charge in [-0.25, -0.2) is 0 Å². The fourth-order valence-corrected chi connectivity index (χ4v) is 0.921. The summed E-state index contributed by atoms with van der Waals surface area (Å²) in [5, 5.41) is 54.6. The molecule has 0 amide bonds. The highest BCUT2D eigenvalue weighted by Gasteiger charge is 2.29. The quantitative estimate of drug-likeness (QED) is 0.208. The molecule has 1 rings (SSSR count). The minimum atomic E-state index is -1.72. The summed E-state index contributed by atoms with van der Waals surface area (Å²) < 4.78 is 4.58. The van der Waals surface area contributed by atoms with Gasteiger partial charge in [0.2, 0.25) is 0 Å². The Kier molecular flexibility index (Phi) is 8.80. The van der Waals surface area contributed by atoms with Crippen molar-refractivity contribution in [2.75, 3.05) is 6.61 Å². The first kappa shape index (κ1) is 16.6. The molecular formula is C10H17NO7. The monoisotopic (exact) mass is 263 g/mol. The summed E-state index contributed by atoms with van der Waals surface area (Å²) in [5.41, 5.74) is 0. The summed E-state index contributed by atoms with van der Waals surface area (Å²) in [4.78, 5) is 0. The van der Waals surface area contributed by atoms with E-state index < -0.39 is 31.0 Å². The van der Waals surface area contributed by atoms with Crippen LogP contribution in [0.3, 0.4) is 0 Å². The van der Waals surface area contributed by atoms with E-state index >= 15 is 0 Å². The van der Waals surface area contributed by atoms with Crippen LogP contribution in [0.5, 0.6) is 0 Å². The molecule has 104 valence electrons. The lowest BCUT2D eigenvalue weighted by Crippen LogP contribution is -2.46. The lowest BCUT2D eigenvalue weighted by molar-refractivity contribution is -0.100. The maximum absolute atomic E-state index is 9.05. The van der Waals surface area contributed by atoms with Crippen LogP contribution in [0.4, 0.5) is 0 Å². The smallest absolute Gasteiger partial charge is 0.121 e. The lowest BCUT2D eigenvalue weighted by Gasteiger charge is -2.23. The van der Waals surface area contributed by atoms with Crippen molar-refractivity contribution in [3.8, 4) is 0 Å². The van der Waals surface area contributed by atoms with Gasteiger partial charge in [0.25, 0.3) is 0 Å². The van der Waals surface area contributed by atoms with E-state index in [1.807, 2.05) is 12.1 Å². The van der Waals surface area contributed by atoms with Crippen molar-refractivity contribution in [1.29, 1.82) is 0 Å². The molecule has 0 aromatic carbocycles. The molecular weight excluding hydrogens is 246 g/mol. The predicted molar refractivity (Wildman–Crippen MR) is 60.1 cm³/mol. The molecule has 0 spiro atoms. The summed E-state index contributed by atoms with van der Waals surface area (Å²) in [5.74, 6) is 0. The SMILES string of the molecule is OCC(O)C(O)C(O)C(O)C=NO.c1ccoc1. The molecule has 0 aliphatic carbocycles. The van der Waals surface area contributed by atoms with Crippen LogP contribution < -0.4 is 0 Å². The number of hydrogen-bond acceptors (Lipinski definition) is 8. The van der Waals surface area contributed by atoms with Crippen LogP contribution in [-0.4, -0.2) is 68.0 Å². The van der Waals surface area contributed by atoms with Crippen LogP contribution in [0.25, 0.3) is 0 Å². The van der Waals surface area contributed by atoms with E-state index in [1.165, 1.54) is 0 Å². The average Bonchev–Trinajstić information content (AvgIpc) is 2.95. The van der Waals surface area contributed by atoms with Crippen molar-refractivity contribution in [1.82, 2.24) is 0 Å². The largest absolute Gasteiger partial charge is 0.473 e. The molecule has 6 N–H and O–H groups in total. The number of oxime groups is 1. The average molecular weight is 263 g/mol. The van der Waals surface area contributed by atoms with Crippen molar-refractivity contribution < 1.29 is 35.2 Å². The van der Waals surface area contributed by atoms with Crippen molar-refractivity contribution in [2.24, 2.45) is 5.16 Å². The zero-order valence-corrected chi connectivity index (χ0v) is 9.44. The Balaban J connectivity index is 0.000000473. The van der Waals surface area contributed by atoms with Crippen molar-refractivity contribution in [2.45, 2.75) is 24.4 Å². The van der Waals surface area contributed by atoms with E-state index in [0.717, 1.165) is 0 Å². The second-order valence-corrected chi connectivity index (χ2v) is 3.28. The van der Waals surface area contributed by atoms with Crippen LogP contribution in [0, 0.1) is 0 Å². The Labute approximate surface area is 103 Å². The standard InChI is InChI=1S/C6H13NO6.C4H4O/c8-2-4(10)6(12)5(11)3(9)1-7-13;1-2-4-5-3-1/h1,3-6,8-13H,2H2;1-4H. The lowest BCUT2D eigenvalue weighted by atomic mass is 10.0. The van der Waals surface area contributed by atoms with E-state index in [-0.39, 0.29) is 0 Å². The van der Waals surface area contributed by atoms with Crippen LogP contribution in [0.1, 0.15) is 0 Å². The van der Waals surface area contributed by atoms with Gasteiger partial charge >= 0.3 is 0 Å². The fraction of sp³-hybridized carbons (Fsp3) is 0.500. The first-order valence-corrected chi connectivity index (χ1v) is 5.02. The summed E-state index contributed by atoms with van der Waals surface area (Å²) >= 11 is 0. The van der Waals surface area contributed by atoms with Gasteiger partial charge in [-0.3, -0.25) is 0 Å². The third-order valence-electron chi connectivity index (χ3n) is 1.93. The molecule has 1 heterocycles. The zero-order chi connectivity index (χ0) is 14.0. The fourth-order valence-electron chi connectivity index (χ4n) is 0.921. The number of hydrogen-bond donors (Lipinski definition) is 6. The molecule has 0 aliphatic heterocycles. The zero-order valence-electron chi connectivity index (χ0n) is 9.44. The summed E-state index contributed by atoms with van der Waals surface area (Å²) in [7, 11) is 0. The molecule has 0 saturated heterocycles. The van der Waals surface area contributed by atoms with Crippen LogP contribution >= 0.6 is 0 Å². The highest BCUT2D eigenvalue weighted by molar-refractivity contribution is 5.62. The molecule has 18 heavy (non-hydrogen) atoms. The Morgan fingerprint density at radius 1 is 1.06 bits per heavy atom. The number of furan rings is 1. The number of aliphatic hydroxyl groups excluding tert-OH is 5. The van der Waals surface area contributed by atoms with Crippen LogP contribution in [0.2, 0.25) is 0 Å². The maximum Gasteiger partial charge on any atom is 0.121 e. The minimum Gasteiger partial charge on any atom is -0.473 e. The van der Waals surface area contributed by atoms with Crippen LogP contribution in [0.15, 0.2) is 34.2 Å². The van der Waals surface area contributed by atoms with Crippen LogP contribution in [-0.2, 0) is 0 Å². The highest BCUT2D eigenvalue weighted by atomic mass is 16.4. The van der Waals surface area contributed by atoms with E-state index in [0.29, 0.717) is 6.21 Å². The topological polar surface area (TPSA) is 147 Å². The van der Waals surface area contributed by atoms with Gasteiger partial charge in [0.05, 0.1) is 25.3 Å². The molecule has 0 bridgehead atoms. The third kappa shape index (κ3) is 6.33. The Bertz CT molecular complexity index is 286. The second-order valence-electron chi connectivity index (χ2n) is 3.28. The summed E-state index contributed by atoms with van der Waals surface area (Å²) in [6, 6.07) is 3.67. The van der Waals surface area contributed by atoms with Gasteiger partial charge in [0, 0.05) is 0 Å². The molecule has 0 radical (unpaired) electrons. The van der Waals surface area contributed by atoms with Gasteiger partial charge in [-0.15, -0.1) is 0 Å². The summed E-state index contributed by atoms with van der Waals surface area (Å²) in [6.45, 7) is -0.749. The number of nitrogens with zero attached hydrogens (tertiary/aromatic N) is 1. The van der Waals surface area contributed by atoms with Gasteiger partial charge in [-0.1, -0.05) is 5.16 Å². The molecule has 0 fully saturated rings. The minimum absolute atomic E-state index is 0.581. The van der Waals surface area contributed by atoms with E-state index in [4.69, 9.17) is 30.7 Å². The van der Waals surface area contributed by atoms with Gasteiger partial charge < -0.3 is 35.2 Å². The Hall–Kier alpha value is -1.45. The summed E-state index contributed by atoms with van der Waals surface area (Å²) in [6.07, 6.45) is -2.77. The molecule has 8 heteroatoms. The molecule has 0 saturated carbocycles. The normalized spacial score (nSPS) is 17.6. The Morgan fingerprint density at radius 3 is 1.94 bits per heavy atom. The van der Waals surface area contributed by atoms with Gasteiger partial charge in [-0.2, -0.15) is 0 Å². The molecule has 4 unspecified atom stereocenters.